The summed E-state index contributed by atoms with van der Waals surface area (Å²) in [7, 11) is 0. The molecule has 0 unspecified atom stereocenters. The molecule has 1 aliphatic heterocycles. The molecule has 0 saturated heterocycles. The Morgan fingerprint density at radius 1 is 1.43 bits per heavy atom. The van der Waals surface area contributed by atoms with Gasteiger partial charge in [-0.3, -0.25) is 9.69 Å². The number of thiophene rings is 1. The Morgan fingerprint density at radius 2 is 2.26 bits per heavy atom. The van der Waals surface area contributed by atoms with Gasteiger partial charge in [-0.05, 0) is 42.0 Å². The van der Waals surface area contributed by atoms with Gasteiger partial charge in [0.25, 0.3) is 0 Å². The van der Waals surface area contributed by atoms with Gasteiger partial charge in [-0.1, -0.05) is 19.1 Å². The highest BCUT2D eigenvalue weighted by Crippen LogP contribution is 2.34. The van der Waals surface area contributed by atoms with Crippen LogP contribution < -0.4 is 5.32 Å². The first-order valence-corrected chi connectivity index (χ1v) is 8.70. The lowest BCUT2D eigenvalue weighted by Gasteiger charge is -2.34. The number of anilines is 1. The van der Waals surface area contributed by atoms with Crippen LogP contribution in [0.3, 0.4) is 0 Å². The van der Waals surface area contributed by atoms with Crippen LogP contribution in [-0.4, -0.2) is 23.9 Å². The SMILES string of the molecule is CC[C@H]1c2ccsc2CCN1CC(=O)Nc1ccccc1C#N. The fourth-order valence-electron chi connectivity index (χ4n) is 3.18. The van der Waals surface area contributed by atoms with E-state index in [2.05, 4.69) is 34.7 Å². The number of benzene rings is 1. The van der Waals surface area contributed by atoms with Crippen molar-refractivity contribution in [2.24, 2.45) is 0 Å². The van der Waals surface area contributed by atoms with E-state index in [1.54, 1.807) is 18.2 Å². The second-order valence-corrected chi connectivity index (χ2v) is 6.65. The van der Waals surface area contributed by atoms with Crippen LogP contribution in [0.15, 0.2) is 35.7 Å². The number of hydrogen-bond donors (Lipinski definition) is 1. The van der Waals surface area contributed by atoms with Gasteiger partial charge in [0.2, 0.25) is 5.91 Å². The molecule has 0 spiro atoms. The van der Waals surface area contributed by atoms with E-state index in [9.17, 15) is 4.79 Å². The van der Waals surface area contributed by atoms with Gasteiger partial charge in [-0.2, -0.15) is 5.26 Å². The van der Waals surface area contributed by atoms with Crippen molar-refractivity contribution in [3.63, 3.8) is 0 Å². The Labute approximate surface area is 140 Å². The van der Waals surface area contributed by atoms with Crippen molar-refractivity contribution in [3.05, 3.63) is 51.7 Å². The summed E-state index contributed by atoms with van der Waals surface area (Å²) in [6, 6.07) is 11.7. The number of nitrogens with one attached hydrogen (secondary N) is 1. The maximum absolute atomic E-state index is 12.4. The van der Waals surface area contributed by atoms with E-state index >= 15 is 0 Å². The standard InChI is InChI=1S/C18H19N3OS/c1-2-16-14-8-10-23-17(14)7-9-21(16)12-18(22)20-15-6-4-3-5-13(15)11-19/h3-6,8,10,16H,2,7,9,12H2,1H3,(H,20,22)/t16-/m0/s1. The van der Waals surface area contributed by atoms with Crippen molar-refractivity contribution in [3.8, 4) is 6.07 Å². The van der Waals surface area contributed by atoms with Gasteiger partial charge in [0.1, 0.15) is 6.07 Å². The Balaban J connectivity index is 1.70. The second-order valence-electron chi connectivity index (χ2n) is 5.65. The highest BCUT2D eigenvalue weighted by molar-refractivity contribution is 7.10. The molecule has 0 aliphatic carbocycles. The summed E-state index contributed by atoms with van der Waals surface area (Å²) < 4.78 is 0. The molecule has 4 nitrogen and oxygen atoms in total. The van der Waals surface area contributed by atoms with Gasteiger partial charge in [0.15, 0.2) is 0 Å². The highest BCUT2D eigenvalue weighted by Gasteiger charge is 2.28. The molecular formula is C18H19N3OS. The van der Waals surface area contributed by atoms with Crippen LogP contribution in [0, 0.1) is 11.3 Å². The zero-order valence-electron chi connectivity index (χ0n) is 13.1. The summed E-state index contributed by atoms with van der Waals surface area (Å²) in [5, 5.41) is 14.1. The van der Waals surface area contributed by atoms with Crippen LogP contribution in [0.2, 0.25) is 0 Å². The van der Waals surface area contributed by atoms with Crippen LogP contribution >= 0.6 is 11.3 Å². The highest BCUT2D eigenvalue weighted by atomic mass is 32.1. The zero-order chi connectivity index (χ0) is 16.2. The predicted octanol–water partition coefficient (Wildman–Crippen LogP) is 3.57. The Bertz CT molecular complexity index is 747. The molecule has 2 aromatic rings. The maximum Gasteiger partial charge on any atom is 0.238 e. The summed E-state index contributed by atoms with van der Waals surface area (Å²) in [4.78, 5) is 16.1. The second kappa shape index (κ2) is 6.95. The molecule has 0 fully saturated rings. The molecule has 1 atom stereocenters. The van der Waals surface area contributed by atoms with Crippen molar-refractivity contribution in [1.82, 2.24) is 4.90 Å². The third-order valence-corrected chi connectivity index (χ3v) is 5.26. The zero-order valence-corrected chi connectivity index (χ0v) is 13.9. The van der Waals surface area contributed by atoms with Gasteiger partial charge >= 0.3 is 0 Å². The number of hydrogen-bond acceptors (Lipinski definition) is 4. The number of amides is 1. The topological polar surface area (TPSA) is 56.1 Å². The fraction of sp³-hybridized carbons (Fsp3) is 0.333. The minimum Gasteiger partial charge on any atom is -0.324 e. The van der Waals surface area contributed by atoms with Gasteiger partial charge in [0.05, 0.1) is 17.8 Å². The Morgan fingerprint density at radius 3 is 3.04 bits per heavy atom. The first-order valence-electron chi connectivity index (χ1n) is 7.82. The molecule has 0 saturated carbocycles. The molecule has 2 heterocycles. The largest absolute Gasteiger partial charge is 0.324 e. The fourth-order valence-corrected chi connectivity index (χ4v) is 4.11. The molecule has 23 heavy (non-hydrogen) atoms. The van der Waals surface area contributed by atoms with E-state index in [1.807, 2.05) is 17.4 Å². The minimum absolute atomic E-state index is 0.0650. The van der Waals surface area contributed by atoms with Crippen molar-refractivity contribution < 1.29 is 4.79 Å². The third-order valence-electron chi connectivity index (χ3n) is 4.26. The minimum atomic E-state index is -0.0650. The molecule has 1 amide bonds. The Kier molecular flexibility index (Phi) is 4.75. The van der Waals surface area contributed by atoms with Crippen molar-refractivity contribution in [1.29, 1.82) is 5.26 Å². The lowest BCUT2D eigenvalue weighted by atomic mass is 9.98. The number of carbonyl (C=O) groups is 1. The molecule has 5 heteroatoms. The average Bonchev–Trinajstić information content (AvgIpc) is 3.03. The normalized spacial score (nSPS) is 17.3. The molecule has 1 aromatic carbocycles. The van der Waals surface area contributed by atoms with Gasteiger partial charge in [0, 0.05) is 17.5 Å². The number of para-hydroxylation sites is 1. The summed E-state index contributed by atoms with van der Waals surface area (Å²) in [6.45, 7) is 3.42. The molecular weight excluding hydrogens is 306 g/mol. The van der Waals surface area contributed by atoms with Gasteiger partial charge in [-0.15, -0.1) is 11.3 Å². The van der Waals surface area contributed by atoms with Crippen molar-refractivity contribution in [2.45, 2.75) is 25.8 Å². The predicted molar refractivity (Wildman–Crippen MR) is 92.4 cm³/mol. The van der Waals surface area contributed by atoms with Crippen LogP contribution in [0.5, 0.6) is 0 Å². The molecule has 1 N–H and O–H groups in total. The molecule has 1 aromatic heterocycles. The van der Waals surface area contributed by atoms with E-state index in [0.717, 1.165) is 19.4 Å². The third kappa shape index (κ3) is 3.29. The summed E-state index contributed by atoms with van der Waals surface area (Å²) >= 11 is 1.81. The molecule has 118 valence electrons. The number of rotatable bonds is 4. The molecule has 0 radical (unpaired) electrons. The first kappa shape index (κ1) is 15.7. The van der Waals surface area contributed by atoms with E-state index in [-0.39, 0.29) is 5.91 Å². The number of nitrogens with zero attached hydrogens (tertiary/aromatic N) is 2. The summed E-state index contributed by atoms with van der Waals surface area (Å²) in [5.41, 5.74) is 2.45. The monoisotopic (exact) mass is 325 g/mol. The van der Waals surface area contributed by atoms with Crippen molar-refractivity contribution in [2.75, 3.05) is 18.4 Å². The van der Waals surface area contributed by atoms with E-state index in [1.165, 1.54) is 10.4 Å². The van der Waals surface area contributed by atoms with Crippen LogP contribution in [0.4, 0.5) is 5.69 Å². The number of nitriles is 1. The Hall–Kier alpha value is -2.16. The van der Waals surface area contributed by atoms with Crippen molar-refractivity contribution >= 4 is 22.9 Å². The van der Waals surface area contributed by atoms with Crippen LogP contribution in [0.25, 0.3) is 0 Å². The van der Waals surface area contributed by atoms with Crippen LogP contribution in [0.1, 0.15) is 35.4 Å². The number of carbonyl (C=O) groups excluding carboxylic acids is 1. The quantitative estimate of drug-likeness (QED) is 0.935. The summed E-state index contributed by atoms with van der Waals surface area (Å²) in [5.74, 6) is -0.0650. The first-order chi connectivity index (χ1) is 11.2. The molecule has 0 bridgehead atoms. The van der Waals surface area contributed by atoms with E-state index in [0.29, 0.717) is 23.8 Å². The smallest absolute Gasteiger partial charge is 0.238 e. The lowest BCUT2D eigenvalue weighted by Crippen LogP contribution is -2.40. The molecule has 1 aliphatic rings. The molecule has 3 rings (SSSR count). The van der Waals surface area contributed by atoms with Gasteiger partial charge < -0.3 is 5.32 Å². The van der Waals surface area contributed by atoms with Crippen LogP contribution in [-0.2, 0) is 11.2 Å². The van der Waals surface area contributed by atoms with E-state index in [4.69, 9.17) is 5.26 Å². The average molecular weight is 325 g/mol. The lowest BCUT2D eigenvalue weighted by molar-refractivity contribution is -0.118. The summed E-state index contributed by atoms with van der Waals surface area (Å²) in [6.07, 6.45) is 2.00. The van der Waals surface area contributed by atoms with E-state index < -0.39 is 0 Å². The number of fused-ring (bicyclic) bond motifs is 1. The maximum atomic E-state index is 12.4. The van der Waals surface area contributed by atoms with Gasteiger partial charge in [-0.25, -0.2) is 0 Å².